The monoisotopic (exact) mass is 675 g/mol. The molecular formula is C50H33N3. The average molecular weight is 676 g/mol. The van der Waals surface area contributed by atoms with Crippen LogP contribution in [0.1, 0.15) is 0 Å². The average Bonchev–Trinajstić information content (AvgIpc) is 3.68. The van der Waals surface area contributed by atoms with E-state index in [2.05, 4.69) is 193 Å². The van der Waals surface area contributed by atoms with Gasteiger partial charge in [0.1, 0.15) is 0 Å². The molecule has 0 radical (unpaired) electrons. The number of rotatable bonds is 6. The smallest absolute Gasteiger partial charge is 0.160 e. The molecule has 0 amide bonds. The largest absolute Gasteiger partial charge is 0.360 e. The number of hydrogen-bond acceptors (Lipinski definition) is 2. The van der Waals surface area contributed by atoms with Crippen molar-refractivity contribution in [3.8, 4) is 67.4 Å². The van der Waals surface area contributed by atoms with Gasteiger partial charge in [0.05, 0.1) is 17.1 Å². The van der Waals surface area contributed by atoms with Crippen LogP contribution in [0.3, 0.4) is 0 Å². The fraction of sp³-hybridized carbons (Fsp3) is 0. The normalized spacial score (nSPS) is 11.4. The number of fused-ring (bicyclic) bond motifs is 4. The van der Waals surface area contributed by atoms with Crippen LogP contribution in [0.25, 0.3) is 99.7 Å². The summed E-state index contributed by atoms with van der Waals surface area (Å²) in [7, 11) is 0. The van der Waals surface area contributed by atoms with Crippen molar-refractivity contribution in [3.63, 3.8) is 0 Å². The molecule has 3 heteroatoms. The van der Waals surface area contributed by atoms with Crippen LogP contribution in [-0.2, 0) is 0 Å². The molecular weight excluding hydrogens is 643 g/mol. The van der Waals surface area contributed by atoms with E-state index in [0.717, 1.165) is 44.9 Å². The van der Waals surface area contributed by atoms with Gasteiger partial charge in [-0.1, -0.05) is 170 Å². The van der Waals surface area contributed by atoms with E-state index in [1.165, 1.54) is 49.0 Å². The van der Waals surface area contributed by atoms with Crippen molar-refractivity contribution in [1.29, 1.82) is 0 Å². The summed E-state index contributed by atoms with van der Waals surface area (Å²) >= 11 is 0. The molecule has 0 bridgehead atoms. The lowest BCUT2D eigenvalue weighted by Gasteiger charge is -2.13. The first-order valence-electron chi connectivity index (χ1n) is 18.0. The van der Waals surface area contributed by atoms with Gasteiger partial charge in [-0.2, -0.15) is 0 Å². The zero-order valence-electron chi connectivity index (χ0n) is 28.9. The minimum absolute atomic E-state index is 0.699. The van der Waals surface area contributed by atoms with Gasteiger partial charge >= 0.3 is 0 Å². The van der Waals surface area contributed by atoms with Gasteiger partial charge in [0.2, 0.25) is 0 Å². The highest BCUT2D eigenvalue weighted by atomic mass is 14.9. The Balaban J connectivity index is 1.02. The van der Waals surface area contributed by atoms with Crippen LogP contribution in [-0.4, -0.2) is 15.0 Å². The molecule has 0 saturated carbocycles. The fourth-order valence-electron chi connectivity index (χ4n) is 7.58. The summed E-state index contributed by atoms with van der Waals surface area (Å²) in [6.07, 6.45) is 2.07. The highest BCUT2D eigenvalue weighted by Gasteiger charge is 2.14. The van der Waals surface area contributed by atoms with Crippen LogP contribution < -0.4 is 0 Å². The second-order valence-electron chi connectivity index (χ2n) is 13.5. The number of hydrogen-bond donors (Lipinski definition) is 1. The van der Waals surface area contributed by atoms with Crippen LogP contribution in [0.4, 0.5) is 0 Å². The molecule has 2 heterocycles. The van der Waals surface area contributed by atoms with Gasteiger partial charge in [-0.15, -0.1) is 0 Å². The molecule has 0 aliphatic heterocycles. The van der Waals surface area contributed by atoms with Gasteiger partial charge < -0.3 is 4.98 Å². The van der Waals surface area contributed by atoms with Crippen molar-refractivity contribution in [2.75, 3.05) is 0 Å². The van der Waals surface area contributed by atoms with Crippen LogP contribution in [0, 0.1) is 0 Å². The second-order valence-corrected chi connectivity index (χ2v) is 13.5. The van der Waals surface area contributed by atoms with Crippen LogP contribution in [0.2, 0.25) is 0 Å². The molecule has 3 nitrogen and oxygen atoms in total. The molecule has 1 N–H and O–H groups in total. The number of aromatic nitrogens is 3. The summed E-state index contributed by atoms with van der Waals surface area (Å²) in [5.74, 6) is 0.699. The van der Waals surface area contributed by atoms with E-state index in [9.17, 15) is 0 Å². The fourth-order valence-corrected chi connectivity index (χ4v) is 7.58. The molecule has 2 aromatic heterocycles. The summed E-state index contributed by atoms with van der Waals surface area (Å²) < 4.78 is 0. The SMILES string of the molecule is c1ccc(-c2cc(-c3ccc(-c4ccc(-c5[nH]cc6ccccc56)cc4)cc3)nc(-c3cccc(-c4cc5ccccc5c5ccccc45)c3)n2)cc1. The molecule has 0 aliphatic rings. The Bertz CT molecular complexity index is 2920. The highest BCUT2D eigenvalue weighted by Crippen LogP contribution is 2.37. The van der Waals surface area contributed by atoms with E-state index in [1.54, 1.807) is 0 Å². The van der Waals surface area contributed by atoms with Crippen LogP contribution in [0.15, 0.2) is 194 Å². The van der Waals surface area contributed by atoms with E-state index in [4.69, 9.17) is 9.97 Å². The third-order valence-corrected chi connectivity index (χ3v) is 10.3. The number of aromatic amines is 1. The Morgan fingerprint density at radius 1 is 0.321 bits per heavy atom. The maximum Gasteiger partial charge on any atom is 0.160 e. The Hall–Kier alpha value is -7.10. The molecule has 53 heavy (non-hydrogen) atoms. The minimum atomic E-state index is 0.699. The summed E-state index contributed by atoms with van der Waals surface area (Å²) in [5, 5.41) is 7.43. The Morgan fingerprint density at radius 3 is 1.58 bits per heavy atom. The molecule has 0 aliphatic carbocycles. The molecule has 10 rings (SSSR count). The van der Waals surface area contributed by atoms with Crippen molar-refractivity contribution in [1.82, 2.24) is 15.0 Å². The van der Waals surface area contributed by atoms with Crippen LogP contribution >= 0.6 is 0 Å². The summed E-state index contributed by atoms with van der Waals surface area (Å²) in [4.78, 5) is 13.8. The standard InChI is InChI=1S/C50H33N3/c1-2-11-35(12-3-1)47-31-48(36-25-21-33(22-26-36)34-23-27-37(28-24-34)49-43-18-7-5-14-41(43)32-51-49)53-50(52-47)40-16-10-15-38(29-40)46-30-39-13-4-6-17-42(39)44-19-8-9-20-45(44)46/h1-32,51H. The Labute approximate surface area is 307 Å². The molecule has 0 unspecified atom stereocenters. The van der Waals surface area contributed by atoms with E-state index in [1.807, 2.05) is 6.07 Å². The van der Waals surface area contributed by atoms with Crippen molar-refractivity contribution >= 4 is 32.3 Å². The molecule has 8 aromatic carbocycles. The predicted octanol–water partition coefficient (Wildman–Crippen LogP) is 13.3. The van der Waals surface area contributed by atoms with Crippen molar-refractivity contribution in [2.45, 2.75) is 0 Å². The number of benzene rings is 8. The van der Waals surface area contributed by atoms with Gasteiger partial charge in [0.15, 0.2) is 5.82 Å². The quantitative estimate of drug-likeness (QED) is 0.178. The van der Waals surface area contributed by atoms with Gasteiger partial charge in [0.25, 0.3) is 0 Å². The number of nitrogens with zero attached hydrogens (tertiary/aromatic N) is 2. The number of H-pyrrole nitrogens is 1. The van der Waals surface area contributed by atoms with E-state index in [0.29, 0.717) is 5.82 Å². The molecule has 10 aromatic rings. The molecule has 0 fully saturated rings. The lowest BCUT2D eigenvalue weighted by molar-refractivity contribution is 1.18. The van der Waals surface area contributed by atoms with Crippen molar-refractivity contribution in [2.24, 2.45) is 0 Å². The summed E-state index contributed by atoms with van der Waals surface area (Å²) in [6, 6.07) is 66.7. The van der Waals surface area contributed by atoms with Gasteiger partial charge in [0, 0.05) is 28.3 Å². The Morgan fingerprint density at radius 2 is 0.849 bits per heavy atom. The summed E-state index contributed by atoms with van der Waals surface area (Å²) in [5.41, 5.74) is 11.8. The first-order chi connectivity index (χ1) is 26.2. The first kappa shape index (κ1) is 30.7. The van der Waals surface area contributed by atoms with Crippen LogP contribution in [0.5, 0.6) is 0 Å². The Kier molecular flexibility index (Phi) is 7.47. The van der Waals surface area contributed by atoms with Gasteiger partial charge in [-0.25, -0.2) is 9.97 Å². The van der Waals surface area contributed by atoms with Crippen molar-refractivity contribution in [3.05, 3.63) is 194 Å². The minimum Gasteiger partial charge on any atom is -0.360 e. The topological polar surface area (TPSA) is 41.6 Å². The van der Waals surface area contributed by atoms with E-state index < -0.39 is 0 Å². The molecule has 0 atom stereocenters. The maximum absolute atomic E-state index is 5.20. The predicted molar refractivity (Wildman–Crippen MR) is 222 cm³/mol. The maximum atomic E-state index is 5.20. The van der Waals surface area contributed by atoms with Crippen molar-refractivity contribution < 1.29 is 0 Å². The van der Waals surface area contributed by atoms with Gasteiger partial charge in [-0.05, 0) is 72.9 Å². The molecule has 248 valence electrons. The third kappa shape index (κ3) is 5.65. The lowest BCUT2D eigenvalue weighted by Crippen LogP contribution is -1.96. The van der Waals surface area contributed by atoms with E-state index in [-0.39, 0.29) is 0 Å². The zero-order chi connectivity index (χ0) is 35.1. The van der Waals surface area contributed by atoms with Gasteiger partial charge in [-0.3, -0.25) is 0 Å². The first-order valence-corrected chi connectivity index (χ1v) is 18.0. The molecule has 0 saturated heterocycles. The van der Waals surface area contributed by atoms with E-state index >= 15 is 0 Å². The second kappa shape index (κ2) is 12.9. The third-order valence-electron chi connectivity index (χ3n) is 10.3. The molecule has 0 spiro atoms. The lowest BCUT2D eigenvalue weighted by atomic mass is 9.92. The zero-order valence-corrected chi connectivity index (χ0v) is 28.9. The highest BCUT2D eigenvalue weighted by molar-refractivity contribution is 6.13. The number of nitrogens with one attached hydrogen (secondary N) is 1. The summed E-state index contributed by atoms with van der Waals surface area (Å²) in [6.45, 7) is 0.